The molecule has 0 spiro atoms. The van der Waals surface area contributed by atoms with Crippen molar-refractivity contribution in [2.75, 3.05) is 20.7 Å². The lowest BCUT2D eigenvalue weighted by molar-refractivity contribution is -0.140. The van der Waals surface area contributed by atoms with Crippen molar-refractivity contribution in [2.24, 2.45) is 5.10 Å². The molecule has 0 aromatic heterocycles. The summed E-state index contributed by atoms with van der Waals surface area (Å²) in [6.07, 6.45) is 0.971. The summed E-state index contributed by atoms with van der Waals surface area (Å²) >= 11 is 0. The molecule has 1 aliphatic rings. The Morgan fingerprint density at radius 3 is 2.61 bits per heavy atom. The molecule has 0 saturated heterocycles. The molecule has 1 atom stereocenters. The molecule has 0 N–H and O–H groups in total. The molecule has 0 unspecified atom stereocenters. The van der Waals surface area contributed by atoms with Crippen LogP contribution in [0.15, 0.2) is 59.7 Å². The van der Waals surface area contributed by atoms with Crippen LogP contribution in [0.4, 0.5) is 0 Å². The third-order valence-electron chi connectivity index (χ3n) is 4.85. The molecular formula is C22H25N3O3. The molecule has 3 rings (SSSR count). The molecule has 6 nitrogen and oxygen atoms in total. The van der Waals surface area contributed by atoms with Crippen LogP contribution in [-0.2, 0) is 9.59 Å². The van der Waals surface area contributed by atoms with Crippen LogP contribution in [0.1, 0.15) is 36.9 Å². The van der Waals surface area contributed by atoms with Crippen molar-refractivity contribution in [1.82, 2.24) is 9.91 Å². The van der Waals surface area contributed by atoms with E-state index in [1.165, 1.54) is 9.91 Å². The second-order valence-electron chi connectivity index (χ2n) is 6.75. The summed E-state index contributed by atoms with van der Waals surface area (Å²) in [7, 11) is 3.27. The number of ether oxygens (including phenoxy) is 1. The lowest BCUT2D eigenvalue weighted by Crippen LogP contribution is -2.38. The highest BCUT2D eigenvalue weighted by Gasteiger charge is 2.33. The minimum absolute atomic E-state index is 0.00486. The van der Waals surface area contributed by atoms with Crippen molar-refractivity contribution in [1.29, 1.82) is 0 Å². The smallest absolute Gasteiger partial charge is 0.262 e. The molecular weight excluding hydrogens is 354 g/mol. The summed E-state index contributed by atoms with van der Waals surface area (Å²) in [5.41, 5.74) is 2.76. The molecule has 0 aliphatic carbocycles. The summed E-state index contributed by atoms with van der Waals surface area (Å²) in [6.45, 7) is 1.79. The summed E-state index contributed by atoms with van der Waals surface area (Å²) < 4.78 is 5.31. The van der Waals surface area contributed by atoms with Crippen LogP contribution in [0.5, 0.6) is 5.75 Å². The van der Waals surface area contributed by atoms with Crippen molar-refractivity contribution >= 4 is 17.5 Å². The largest absolute Gasteiger partial charge is 0.497 e. The molecule has 0 saturated carbocycles. The molecule has 0 fully saturated rings. The Kier molecular flexibility index (Phi) is 6.09. The maximum atomic E-state index is 13.0. The average molecular weight is 379 g/mol. The number of likely N-dealkylation sites (N-methyl/N-ethyl adjacent to an activating group) is 1. The number of nitrogens with zero attached hydrogens (tertiary/aromatic N) is 3. The Balaban J connectivity index is 1.90. The Morgan fingerprint density at radius 2 is 1.93 bits per heavy atom. The second kappa shape index (κ2) is 8.69. The number of hydrazone groups is 1. The van der Waals surface area contributed by atoms with Gasteiger partial charge in [0.1, 0.15) is 12.3 Å². The van der Waals surface area contributed by atoms with Gasteiger partial charge in [0.2, 0.25) is 5.91 Å². The fraction of sp³-hybridized carbons (Fsp3) is 0.318. The monoisotopic (exact) mass is 379 g/mol. The Morgan fingerprint density at radius 1 is 1.18 bits per heavy atom. The molecule has 0 bridgehead atoms. The molecule has 1 aliphatic heterocycles. The van der Waals surface area contributed by atoms with E-state index in [4.69, 9.17) is 4.74 Å². The zero-order valence-electron chi connectivity index (χ0n) is 16.5. The third-order valence-corrected chi connectivity index (χ3v) is 4.85. The summed E-state index contributed by atoms with van der Waals surface area (Å²) in [6, 6.07) is 17.3. The number of methoxy groups -OCH3 is 1. The number of carbonyl (C=O) groups is 2. The average Bonchev–Trinajstić information content (AvgIpc) is 3.19. The fourth-order valence-corrected chi connectivity index (χ4v) is 3.29. The van der Waals surface area contributed by atoms with E-state index in [1.54, 1.807) is 21.1 Å². The van der Waals surface area contributed by atoms with Crippen molar-refractivity contribution < 1.29 is 14.3 Å². The first-order valence-corrected chi connectivity index (χ1v) is 9.36. The van der Waals surface area contributed by atoms with Gasteiger partial charge in [0.25, 0.3) is 5.91 Å². The van der Waals surface area contributed by atoms with E-state index >= 15 is 0 Å². The van der Waals surface area contributed by atoms with Gasteiger partial charge in [-0.15, -0.1) is 0 Å². The van der Waals surface area contributed by atoms with E-state index in [9.17, 15) is 9.59 Å². The van der Waals surface area contributed by atoms with Crippen molar-refractivity contribution in [3.05, 3.63) is 65.7 Å². The van der Waals surface area contributed by atoms with Crippen LogP contribution in [-0.4, -0.2) is 48.1 Å². The molecule has 1 heterocycles. The minimum atomic E-state index is -0.198. The van der Waals surface area contributed by atoms with Gasteiger partial charge in [-0.3, -0.25) is 9.59 Å². The fourth-order valence-electron chi connectivity index (χ4n) is 3.29. The molecule has 0 radical (unpaired) electrons. The van der Waals surface area contributed by atoms with E-state index in [-0.39, 0.29) is 24.4 Å². The van der Waals surface area contributed by atoms with Gasteiger partial charge in [-0.25, -0.2) is 5.01 Å². The van der Waals surface area contributed by atoms with Gasteiger partial charge in [0.15, 0.2) is 0 Å². The SMILES string of the molecule is CCC(=O)N(C)CC(=O)N1N=C(c2cccc(OC)c2)C[C@@H]1c1ccccc1. The first-order valence-electron chi connectivity index (χ1n) is 9.36. The molecule has 28 heavy (non-hydrogen) atoms. The normalized spacial score (nSPS) is 15.9. The molecule has 146 valence electrons. The highest BCUT2D eigenvalue weighted by atomic mass is 16.5. The van der Waals surface area contributed by atoms with Gasteiger partial charge in [-0.05, 0) is 17.7 Å². The quantitative estimate of drug-likeness (QED) is 0.774. The molecule has 2 amide bonds. The lowest BCUT2D eigenvalue weighted by Gasteiger charge is -2.24. The highest BCUT2D eigenvalue weighted by molar-refractivity contribution is 6.03. The van der Waals surface area contributed by atoms with Crippen LogP contribution >= 0.6 is 0 Å². The maximum absolute atomic E-state index is 13.0. The van der Waals surface area contributed by atoms with Crippen LogP contribution < -0.4 is 4.74 Å². The molecule has 2 aromatic rings. The number of hydrogen-bond acceptors (Lipinski definition) is 4. The number of rotatable bonds is 6. The second-order valence-corrected chi connectivity index (χ2v) is 6.75. The summed E-state index contributed by atoms with van der Waals surface area (Å²) in [5.74, 6) is 0.478. The number of amides is 2. The van der Waals surface area contributed by atoms with Crippen molar-refractivity contribution in [3.8, 4) is 5.75 Å². The third kappa shape index (κ3) is 4.22. The standard InChI is InChI=1S/C22H25N3O3/c1-4-21(26)24(2)15-22(27)25-20(16-9-6-5-7-10-16)14-19(23-25)17-11-8-12-18(13-17)28-3/h5-13,20H,4,14-15H2,1-3H3/t20-/m1/s1. The maximum Gasteiger partial charge on any atom is 0.262 e. The van der Waals surface area contributed by atoms with E-state index in [0.717, 1.165) is 22.6 Å². The topological polar surface area (TPSA) is 62.2 Å². The highest BCUT2D eigenvalue weighted by Crippen LogP contribution is 2.33. The summed E-state index contributed by atoms with van der Waals surface area (Å²) in [4.78, 5) is 26.3. The predicted octanol–water partition coefficient (Wildman–Crippen LogP) is 3.24. The predicted molar refractivity (Wildman–Crippen MR) is 108 cm³/mol. The van der Waals surface area contributed by atoms with Gasteiger partial charge in [0.05, 0.1) is 18.9 Å². The van der Waals surface area contributed by atoms with E-state index in [2.05, 4.69) is 5.10 Å². The van der Waals surface area contributed by atoms with Gasteiger partial charge in [-0.1, -0.05) is 49.4 Å². The number of benzene rings is 2. The Bertz CT molecular complexity index is 880. The zero-order chi connectivity index (χ0) is 20.1. The van der Waals surface area contributed by atoms with Crippen molar-refractivity contribution in [3.63, 3.8) is 0 Å². The van der Waals surface area contributed by atoms with E-state index in [1.807, 2.05) is 54.6 Å². The first-order chi connectivity index (χ1) is 13.5. The van der Waals surface area contributed by atoms with Crippen LogP contribution in [0.2, 0.25) is 0 Å². The number of hydrogen-bond donors (Lipinski definition) is 0. The van der Waals surface area contributed by atoms with E-state index in [0.29, 0.717) is 12.8 Å². The molecule has 6 heteroatoms. The van der Waals surface area contributed by atoms with Crippen molar-refractivity contribution in [2.45, 2.75) is 25.8 Å². The van der Waals surface area contributed by atoms with Crippen LogP contribution in [0.3, 0.4) is 0 Å². The van der Waals surface area contributed by atoms with Crippen LogP contribution in [0.25, 0.3) is 0 Å². The lowest BCUT2D eigenvalue weighted by atomic mass is 9.98. The first kappa shape index (κ1) is 19.6. The van der Waals surface area contributed by atoms with Crippen LogP contribution in [0, 0.1) is 0 Å². The zero-order valence-corrected chi connectivity index (χ0v) is 16.5. The van der Waals surface area contributed by atoms with Gasteiger partial charge < -0.3 is 9.64 Å². The minimum Gasteiger partial charge on any atom is -0.497 e. The Hall–Kier alpha value is -3.15. The summed E-state index contributed by atoms with van der Waals surface area (Å²) in [5, 5.41) is 6.15. The number of carbonyl (C=O) groups excluding carboxylic acids is 2. The Labute approximate surface area is 165 Å². The van der Waals surface area contributed by atoms with E-state index < -0.39 is 0 Å². The van der Waals surface area contributed by atoms with Gasteiger partial charge in [-0.2, -0.15) is 5.10 Å². The molecule has 2 aromatic carbocycles. The van der Waals surface area contributed by atoms with Gasteiger partial charge >= 0.3 is 0 Å². The van der Waals surface area contributed by atoms with Gasteiger partial charge in [0, 0.05) is 25.5 Å².